The highest BCUT2D eigenvalue weighted by molar-refractivity contribution is 5.76. The summed E-state index contributed by atoms with van der Waals surface area (Å²) in [5.41, 5.74) is 1.10. The molecule has 22 heavy (non-hydrogen) atoms. The Bertz CT molecular complexity index is 533. The Labute approximate surface area is 131 Å². The molecule has 0 aliphatic heterocycles. The summed E-state index contributed by atoms with van der Waals surface area (Å²) >= 11 is 0. The second kappa shape index (κ2) is 6.90. The van der Waals surface area contributed by atoms with Crippen molar-refractivity contribution >= 4 is 12.4 Å². The molecule has 1 aliphatic carbocycles. The molecule has 1 aromatic rings. The highest BCUT2D eigenvalue weighted by atomic mass is 16.6. The summed E-state index contributed by atoms with van der Waals surface area (Å²) in [5, 5.41) is 2.98. The maximum Gasteiger partial charge on any atom is 0.407 e. The summed E-state index contributed by atoms with van der Waals surface area (Å²) in [5.74, 6) is 0.522. The van der Waals surface area contributed by atoms with Gasteiger partial charge in [-0.05, 0) is 64.0 Å². The van der Waals surface area contributed by atoms with Gasteiger partial charge in [-0.2, -0.15) is 0 Å². The summed E-state index contributed by atoms with van der Waals surface area (Å²) in [7, 11) is 0. The number of alkyl carbamates (subject to hydrolysis) is 1. The van der Waals surface area contributed by atoms with Gasteiger partial charge in [0.25, 0.3) is 0 Å². The molecule has 1 N–H and O–H groups in total. The number of carbonyl (C=O) groups excluding carboxylic acids is 2. The van der Waals surface area contributed by atoms with Crippen LogP contribution in [0.4, 0.5) is 4.79 Å². The molecule has 1 unspecified atom stereocenters. The third kappa shape index (κ3) is 5.13. The fraction of sp³-hybridized carbons (Fsp3) is 0.588. The Morgan fingerprint density at radius 1 is 1.50 bits per heavy atom. The van der Waals surface area contributed by atoms with Gasteiger partial charge in [0.2, 0.25) is 0 Å². The first-order valence-corrected chi connectivity index (χ1v) is 7.76. The summed E-state index contributed by atoms with van der Waals surface area (Å²) in [6, 6.07) is 1.96. The third-order valence-electron chi connectivity index (χ3n) is 3.69. The first-order valence-electron chi connectivity index (χ1n) is 7.76. The second-order valence-corrected chi connectivity index (χ2v) is 6.82. The number of ether oxygens (including phenoxy) is 1. The Kier molecular flexibility index (Phi) is 5.16. The maximum absolute atomic E-state index is 11.9. The van der Waals surface area contributed by atoms with Crippen LogP contribution in [0.5, 0.6) is 0 Å². The number of aromatic nitrogens is 1. The number of nitrogens with zero attached hydrogens (tertiary/aromatic N) is 1. The predicted molar refractivity (Wildman–Crippen MR) is 83.8 cm³/mol. The first kappa shape index (κ1) is 16.5. The molecule has 0 spiro atoms. The molecular formula is C17H24N2O3. The third-order valence-corrected chi connectivity index (χ3v) is 3.69. The van der Waals surface area contributed by atoms with Crippen LogP contribution in [-0.4, -0.2) is 29.0 Å². The van der Waals surface area contributed by atoms with Crippen molar-refractivity contribution in [2.45, 2.75) is 58.1 Å². The molecule has 0 saturated heterocycles. The minimum Gasteiger partial charge on any atom is -0.444 e. The number of carbonyl (C=O) groups is 2. The average Bonchev–Trinajstić information content (AvgIpc) is 3.26. The summed E-state index contributed by atoms with van der Waals surface area (Å²) in [4.78, 5) is 26.9. The number of pyridine rings is 1. The monoisotopic (exact) mass is 304 g/mol. The molecule has 1 amide bonds. The quantitative estimate of drug-likeness (QED) is 0.820. The Hall–Kier alpha value is -1.91. The zero-order chi connectivity index (χ0) is 16.2. The van der Waals surface area contributed by atoms with E-state index in [1.165, 1.54) is 0 Å². The van der Waals surface area contributed by atoms with Crippen LogP contribution in [0.25, 0.3) is 0 Å². The standard InChI is InChI=1S/C17H24N2O3/c1-17(2,3)22-16(21)19-15(13-4-5-13)7-6-12-8-9-18-10-14(12)11-20/h8-11,13,15H,4-7H2,1-3H3,(H,19,21). The highest BCUT2D eigenvalue weighted by Crippen LogP contribution is 2.34. The van der Waals surface area contributed by atoms with Gasteiger partial charge in [0.05, 0.1) is 0 Å². The van der Waals surface area contributed by atoms with Gasteiger partial charge in [-0.15, -0.1) is 0 Å². The van der Waals surface area contributed by atoms with Crippen molar-refractivity contribution in [1.82, 2.24) is 10.3 Å². The number of aryl methyl sites for hydroxylation is 1. The van der Waals surface area contributed by atoms with E-state index >= 15 is 0 Å². The number of aldehydes is 1. The van der Waals surface area contributed by atoms with Gasteiger partial charge in [-0.3, -0.25) is 9.78 Å². The highest BCUT2D eigenvalue weighted by Gasteiger charge is 2.33. The van der Waals surface area contributed by atoms with Crippen molar-refractivity contribution in [2.75, 3.05) is 0 Å². The molecule has 1 saturated carbocycles. The molecule has 120 valence electrons. The zero-order valence-electron chi connectivity index (χ0n) is 13.5. The zero-order valence-corrected chi connectivity index (χ0v) is 13.5. The van der Waals surface area contributed by atoms with Crippen LogP contribution in [0, 0.1) is 5.92 Å². The van der Waals surface area contributed by atoms with E-state index in [0.717, 1.165) is 37.5 Å². The van der Waals surface area contributed by atoms with Gasteiger partial charge >= 0.3 is 6.09 Å². The normalized spacial score (nSPS) is 16.0. The fourth-order valence-corrected chi connectivity index (χ4v) is 2.46. The number of amides is 1. The second-order valence-electron chi connectivity index (χ2n) is 6.82. The van der Waals surface area contributed by atoms with Gasteiger partial charge in [0.1, 0.15) is 5.60 Å². The molecule has 0 aromatic carbocycles. The van der Waals surface area contributed by atoms with Crippen molar-refractivity contribution in [1.29, 1.82) is 0 Å². The molecule has 1 aromatic heterocycles. The summed E-state index contributed by atoms with van der Waals surface area (Å²) < 4.78 is 5.33. The van der Waals surface area contributed by atoms with E-state index in [4.69, 9.17) is 4.74 Å². The summed E-state index contributed by atoms with van der Waals surface area (Å²) in [6.07, 6.45) is 7.55. The SMILES string of the molecule is CC(C)(C)OC(=O)NC(CCc1ccncc1C=O)C1CC1. The minimum atomic E-state index is -0.492. The molecular weight excluding hydrogens is 280 g/mol. The van der Waals surface area contributed by atoms with E-state index in [1.54, 1.807) is 12.4 Å². The van der Waals surface area contributed by atoms with E-state index < -0.39 is 5.60 Å². The van der Waals surface area contributed by atoms with E-state index in [9.17, 15) is 9.59 Å². The molecule has 0 radical (unpaired) electrons. The molecule has 0 bridgehead atoms. The van der Waals surface area contributed by atoms with Crippen molar-refractivity contribution < 1.29 is 14.3 Å². The lowest BCUT2D eigenvalue weighted by molar-refractivity contribution is 0.0495. The molecule has 5 heteroatoms. The van der Waals surface area contributed by atoms with Crippen LogP contribution in [0.1, 0.15) is 56.0 Å². The topological polar surface area (TPSA) is 68.3 Å². The van der Waals surface area contributed by atoms with Gasteiger partial charge in [0, 0.05) is 24.0 Å². The molecule has 5 nitrogen and oxygen atoms in total. The van der Waals surface area contributed by atoms with Crippen LogP contribution >= 0.6 is 0 Å². The van der Waals surface area contributed by atoms with Gasteiger partial charge in [-0.1, -0.05) is 0 Å². The lowest BCUT2D eigenvalue weighted by Crippen LogP contribution is -2.40. The first-order chi connectivity index (χ1) is 10.4. The Morgan fingerprint density at radius 2 is 2.23 bits per heavy atom. The number of hydrogen-bond donors (Lipinski definition) is 1. The van der Waals surface area contributed by atoms with E-state index in [2.05, 4.69) is 10.3 Å². The average molecular weight is 304 g/mol. The Morgan fingerprint density at radius 3 is 2.82 bits per heavy atom. The van der Waals surface area contributed by atoms with E-state index in [-0.39, 0.29) is 12.1 Å². The van der Waals surface area contributed by atoms with E-state index in [0.29, 0.717) is 11.5 Å². The largest absolute Gasteiger partial charge is 0.444 e. The minimum absolute atomic E-state index is 0.0996. The fourth-order valence-electron chi connectivity index (χ4n) is 2.46. The van der Waals surface area contributed by atoms with Crippen molar-refractivity contribution in [3.8, 4) is 0 Å². The lowest BCUT2D eigenvalue weighted by Gasteiger charge is -2.23. The number of hydrogen-bond acceptors (Lipinski definition) is 4. The van der Waals surface area contributed by atoms with Gasteiger partial charge in [0.15, 0.2) is 6.29 Å². The molecule has 1 heterocycles. The van der Waals surface area contributed by atoms with Crippen LogP contribution < -0.4 is 5.32 Å². The van der Waals surface area contributed by atoms with Gasteiger partial charge < -0.3 is 10.1 Å². The Balaban J connectivity index is 1.92. The number of nitrogens with one attached hydrogen (secondary N) is 1. The maximum atomic E-state index is 11.9. The van der Waals surface area contributed by atoms with Crippen LogP contribution in [0.15, 0.2) is 18.5 Å². The summed E-state index contributed by atoms with van der Waals surface area (Å²) in [6.45, 7) is 5.56. The molecule has 1 atom stereocenters. The van der Waals surface area contributed by atoms with Crippen LogP contribution in [0.2, 0.25) is 0 Å². The smallest absolute Gasteiger partial charge is 0.407 e. The van der Waals surface area contributed by atoms with Crippen LogP contribution in [-0.2, 0) is 11.2 Å². The molecule has 2 rings (SSSR count). The molecule has 1 fully saturated rings. The van der Waals surface area contributed by atoms with Crippen molar-refractivity contribution in [3.63, 3.8) is 0 Å². The van der Waals surface area contributed by atoms with Gasteiger partial charge in [-0.25, -0.2) is 4.79 Å². The van der Waals surface area contributed by atoms with Crippen LogP contribution in [0.3, 0.4) is 0 Å². The predicted octanol–water partition coefficient (Wildman–Crippen LogP) is 3.13. The number of rotatable bonds is 6. The van der Waals surface area contributed by atoms with Crippen molar-refractivity contribution in [2.24, 2.45) is 5.92 Å². The lowest BCUT2D eigenvalue weighted by atomic mass is 10.00. The van der Waals surface area contributed by atoms with E-state index in [1.807, 2.05) is 26.8 Å². The van der Waals surface area contributed by atoms with Crippen molar-refractivity contribution in [3.05, 3.63) is 29.6 Å². The molecule has 1 aliphatic rings.